The topological polar surface area (TPSA) is 46.2 Å². The van der Waals surface area contributed by atoms with Crippen LogP contribution in [0.4, 0.5) is 10.1 Å². The summed E-state index contributed by atoms with van der Waals surface area (Å²) in [6.07, 6.45) is 0. The first-order valence-corrected chi connectivity index (χ1v) is 8.61. The molecule has 0 bridgehead atoms. The van der Waals surface area contributed by atoms with Gasteiger partial charge in [0.05, 0.1) is 15.6 Å². The van der Waals surface area contributed by atoms with Crippen molar-refractivity contribution in [1.29, 1.82) is 0 Å². The van der Waals surface area contributed by atoms with E-state index in [4.69, 9.17) is 11.6 Å². The van der Waals surface area contributed by atoms with Crippen molar-refractivity contribution in [2.75, 3.05) is 4.72 Å². The highest BCUT2D eigenvalue weighted by Crippen LogP contribution is 2.36. The first kappa shape index (κ1) is 16.3. The maximum atomic E-state index is 13.5. The molecule has 21 heavy (non-hydrogen) atoms. The second-order valence-electron chi connectivity index (χ2n) is 4.57. The van der Waals surface area contributed by atoms with Gasteiger partial charge < -0.3 is 0 Å². The molecule has 0 aliphatic carbocycles. The van der Waals surface area contributed by atoms with Gasteiger partial charge >= 0.3 is 0 Å². The Balaban J connectivity index is 2.47. The van der Waals surface area contributed by atoms with Crippen LogP contribution in [-0.4, -0.2) is 8.42 Å². The third-order valence-electron chi connectivity index (χ3n) is 2.97. The number of sulfonamides is 1. The Morgan fingerprint density at radius 2 is 1.76 bits per heavy atom. The zero-order valence-electron chi connectivity index (χ0n) is 11.2. The van der Waals surface area contributed by atoms with E-state index in [2.05, 4.69) is 20.7 Å². The molecule has 3 nitrogen and oxygen atoms in total. The third kappa shape index (κ3) is 3.39. The first-order chi connectivity index (χ1) is 9.72. The number of rotatable bonds is 3. The molecule has 0 heterocycles. The number of anilines is 1. The van der Waals surface area contributed by atoms with Gasteiger partial charge in [0.15, 0.2) is 0 Å². The standard InChI is InChI=1S/C14H12BrClFNO2S/c1-8-3-5-10(6-4-8)21(19,20)18-14-11(16)7-12(17)9(2)13(14)15/h3-7,18H,1-2H3. The van der Waals surface area contributed by atoms with Crippen LogP contribution >= 0.6 is 27.5 Å². The number of hydrogen-bond donors (Lipinski definition) is 1. The van der Waals surface area contributed by atoms with Gasteiger partial charge in [0.2, 0.25) is 0 Å². The molecule has 0 amide bonds. The smallest absolute Gasteiger partial charge is 0.261 e. The van der Waals surface area contributed by atoms with Gasteiger partial charge in [-0.1, -0.05) is 29.3 Å². The highest BCUT2D eigenvalue weighted by atomic mass is 79.9. The van der Waals surface area contributed by atoms with Crippen molar-refractivity contribution in [2.45, 2.75) is 18.7 Å². The Kier molecular flexibility index (Phi) is 4.60. The third-order valence-corrected chi connectivity index (χ3v) is 5.62. The summed E-state index contributed by atoms with van der Waals surface area (Å²) >= 11 is 9.10. The van der Waals surface area contributed by atoms with Crippen LogP contribution in [0.2, 0.25) is 5.02 Å². The Morgan fingerprint density at radius 3 is 2.33 bits per heavy atom. The molecule has 0 atom stereocenters. The van der Waals surface area contributed by atoms with Crippen molar-refractivity contribution < 1.29 is 12.8 Å². The van der Waals surface area contributed by atoms with E-state index in [1.165, 1.54) is 19.1 Å². The fourth-order valence-corrected chi connectivity index (χ4v) is 3.83. The lowest BCUT2D eigenvalue weighted by Crippen LogP contribution is -2.14. The van der Waals surface area contributed by atoms with Crippen molar-refractivity contribution in [3.63, 3.8) is 0 Å². The first-order valence-electron chi connectivity index (χ1n) is 5.96. The molecule has 2 aromatic rings. The fraction of sp³-hybridized carbons (Fsp3) is 0.143. The average molecular weight is 393 g/mol. The summed E-state index contributed by atoms with van der Waals surface area (Å²) in [5.41, 5.74) is 1.35. The lowest BCUT2D eigenvalue weighted by Gasteiger charge is -2.13. The Morgan fingerprint density at radius 1 is 1.19 bits per heavy atom. The van der Waals surface area contributed by atoms with E-state index >= 15 is 0 Å². The predicted molar refractivity (Wildman–Crippen MR) is 85.8 cm³/mol. The molecule has 0 spiro atoms. The monoisotopic (exact) mass is 391 g/mol. The lowest BCUT2D eigenvalue weighted by atomic mass is 10.2. The predicted octanol–water partition coefficient (Wildman–Crippen LogP) is 4.66. The minimum absolute atomic E-state index is 0.0133. The van der Waals surface area contributed by atoms with Gasteiger partial charge in [0, 0.05) is 10.0 Å². The normalized spacial score (nSPS) is 11.5. The molecule has 2 aromatic carbocycles. The molecule has 0 aromatic heterocycles. The van der Waals surface area contributed by atoms with Gasteiger partial charge in [-0.15, -0.1) is 0 Å². The van der Waals surface area contributed by atoms with Crippen molar-refractivity contribution in [3.8, 4) is 0 Å². The minimum atomic E-state index is -3.79. The van der Waals surface area contributed by atoms with Gasteiger partial charge in [-0.05, 0) is 48.0 Å². The van der Waals surface area contributed by atoms with Crippen molar-refractivity contribution in [3.05, 3.63) is 56.8 Å². The van der Waals surface area contributed by atoms with Gasteiger partial charge in [0.1, 0.15) is 5.82 Å². The molecule has 0 unspecified atom stereocenters. The van der Waals surface area contributed by atoms with Crippen LogP contribution in [0.3, 0.4) is 0 Å². The minimum Gasteiger partial charge on any atom is -0.277 e. The molecular formula is C14H12BrClFNO2S. The highest BCUT2D eigenvalue weighted by molar-refractivity contribution is 9.10. The van der Waals surface area contributed by atoms with Gasteiger partial charge in [-0.3, -0.25) is 4.72 Å². The molecule has 0 radical (unpaired) electrons. The molecule has 1 N–H and O–H groups in total. The summed E-state index contributed by atoms with van der Waals surface area (Å²) in [7, 11) is -3.79. The van der Waals surface area contributed by atoms with Crippen LogP contribution in [0.25, 0.3) is 0 Å². The molecule has 112 valence electrons. The number of benzene rings is 2. The number of halogens is 3. The molecule has 0 saturated heterocycles. The Labute approximate surface area is 136 Å². The van der Waals surface area contributed by atoms with E-state index in [9.17, 15) is 12.8 Å². The SMILES string of the molecule is Cc1ccc(S(=O)(=O)Nc2c(Cl)cc(F)c(C)c2Br)cc1. The molecule has 0 saturated carbocycles. The second-order valence-corrected chi connectivity index (χ2v) is 7.46. The van der Waals surface area contributed by atoms with Gasteiger partial charge in [0.25, 0.3) is 10.0 Å². The summed E-state index contributed by atoms with van der Waals surface area (Å²) in [4.78, 5) is 0.109. The summed E-state index contributed by atoms with van der Waals surface area (Å²) < 4.78 is 40.9. The summed E-state index contributed by atoms with van der Waals surface area (Å²) in [6.45, 7) is 3.39. The molecule has 0 aliphatic heterocycles. The lowest BCUT2D eigenvalue weighted by molar-refractivity contribution is 0.600. The highest BCUT2D eigenvalue weighted by Gasteiger charge is 2.20. The molecule has 7 heteroatoms. The fourth-order valence-electron chi connectivity index (χ4n) is 1.69. The maximum absolute atomic E-state index is 13.5. The average Bonchev–Trinajstić information content (AvgIpc) is 2.42. The summed E-state index contributed by atoms with van der Waals surface area (Å²) in [5, 5.41) is -0.0133. The largest absolute Gasteiger partial charge is 0.277 e. The second kappa shape index (κ2) is 5.94. The molecule has 0 fully saturated rings. The van der Waals surface area contributed by atoms with E-state index in [1.807, 2.05) is 6.92 Å². The quantitative estimate of drug-likeness (QED) is 0.826. The molecular weight excluding hydrogens is 381 g/mol. The van der Waals surface area contributed by atoms with Gasteiger partial charge in [-0.25, -0.2) is 12.8 Å². The van der Waals surface area contributed by atoms with E-state index in [-0.39, 0.29) is 25.6 Å². The van der Waals surface area contributed by atoms with Crippen LogP contribution in [0.1, 0.15) is 11.1 Å². The number of aryl methyl sites for hydroxylation is 1. The molecule has 2 rings (SSSR count). The zero-order valence-corrected chi connectivity index (χ0v) is 14.4. The summed E-state index contributed by atoms with van der Waals surface area (Å²) in [6, 6.07) is 7.46. The van der Waals surface area contributed by atoms with E-state index in [0.29, 0.717) is 0 Å². The van der Waals surface area contributed by atoms with E-state index in [0.717, 1.165) is 11.6 Å². The van der Waals surface area contributed by atoms with Crippen LogP contribution < -0.4 is 4.72 Å². The van der Waals surface area contributed by atoms with Gasteiger partial charge in [-0.2, -0.15) is 0 Å². The number of hydrogen-bond acceptors (Lipinski definition) is 2. The van der Waals surface area contributed by atoms with Crippen LogP contribution in [-0.2, 0) is 10.0 Å². The van der Waals surface area contributed by atoms with Crippen molar-refractivity contribution >= 4 is 43.2 Å². The van der Waals surface area contributed by atoms with E-state index in [1.54, 1.807) is 12.1 Å². The molecule has 0 aliphatic rings. The van der Waals surface area contributed by atoms with Crippen LogP contribution in [0.5, 0.6) is 0 Å². The van der Waals surface area contributed by atoms with Crippen molar-refractivity contribution in [2.24, 2.45) is 0 Å². The Bertz CT molecular complexity index is 792. The zero-order chi connectivity index (χ0) is 15.8. The Hall–Kier alpha value is -1.11. The summed E-state index contributed by atoms with van der Waals surface area (Å²) in [5.74, 6) is -0.509. The number of nitrogens with one attached hydrogen (secondary N) is 1. The van der Waals surface area contributed by atoms with Crippen molar-refractivity contribution in [1.82, 2.24) is 0 Å². The van der Waals surface area contributed by atoms with E-state index < -0.39 is 15.8 Å². The van der Waals surface area contributed by atoms with Crippen LogP contribution in [0, 0.1) is 19.7 Å². The maximum Gasteiger partial charge on any atom is 0.261 e. The van der Waals surface area contributed by atoms with Crippen LogP contribution in [0.15, 0.2) is 39.7 Å².